The molecule has 2 aromatic carbocycles. The molecule has 1 heterocycles. The molecule has 1 saturated heterocycles. The Labute approximate surface area is 136 Å². The van der Waals surface area contributed by atoms with Crippen molar-refractivity contribution in [1.29, 1.82) is 0 Å². The zero-order chi connectivity index (χ0) is 16.1. The van der Waals surface area contributed by atoms with Crippen molar-refractivity contribution < 1.29 is 9.90 Å². The minimum absolute atomic E-state index is 0.337. The second-order valence-electron chi connectivity index (χ2n) is 6.09. The Morgan fingerprint density at radius 3 is 2.52 bits per heavy atom. The molecule has 120 valence electrons. The lowest BCUT2D eigenvalue weighted by molar-refractivity contribution is 0.0697. The second-order valence-corrected chi connectivity index (χ2v) is 6.09. The van der Waals surface area contributed by atoms with Gasteiger partial charge in [0.25, 0.3) is 0 Å². The van der Waals surface area contributed by atoms with Crippen LogP contribution in [0.25, 0.3) is 0 Å². The van der Waals surface area contributed by atoms with E-state index >= 15 is 0 Å². The van der Waals surface area contributed by atoms with Crippen molar-refractivity contribution in [2.24, 2.45) is 0 Å². The van der Waals surface area contributed by atoms with Crippen LogP contribution in [0.1, 0.15) is 27.9 Å². The topological polar surface area (TPSA) is 52.6 Å². The Balaban J connectivity index is 1.45. The summed E-state index contributed by atoms with van der Waals surface area (Å²) in [6, 6.07) is 18.1. The van der Waals surface area contributed by atoms with Crippen molar-refractivity contribution >= 4 is 5.97 Å². The lowest BCUT2D eigenvalue weighted by atomic mass is 10.1. The maximum Gasteiger partial charge on any atom is 0.335 e. The molecule has 0 bridgehead atoms. The summed E-state index contributed by atoms with van der Waals surface area (Å²) in [7, 11) is 0. The number of nitrogens with zero attached hydrogens (tertiary/aromatic N) is 1. The van der Waals surface area contributed by atoms with Gasteiger partial charge in [-0.2, -0.15) is 0 Å². The summed E-state index contributed by atoms with van der Waals surface area (Å²) in [6.07, 6.45) is 1.15. The number of likely N-dealkylation sites (tertiary alicyclic amines) is 1. The van der Waals surface area contributed by atoms with Crippen LogP contribution in [-0.2, 0) is 13.1 Å². The standard InChI is InChI=1S/C19H22N2O2/c22-19(23)17-8-6-15(7-9-17)12-20-18-10-11-21(14-18)13-16-4-2-1-3-5-16/h1-9,18,20H,10-14H2,(H,22,23). The molecule has 4 heteroatoms. The van der Waals surface area contributed by atoms with E-state index in [1.165, 1.54) is 5.56 Å². The smallest absolute Gasteiger partial charge is 0.335 e. The number of carboxylic acids is 1. The number of hydrogen-bond acceptors (Lipinski definition) is 3. The maximum absolute atomic E-state index is 10.8. The molecule has 3 rings (SSSR count). The fourth-order valence-corrected chi connectivity index (χ4v) is 3.01. The highest BCUT2D eigenvalue weighted by Crippen LogP contribution is 2.14. The zero-order valence-electron chi connectivity index (χ0n) is 13.1. The Morgan fingerprint density at radius 2 is 1.83 bits per heavy atom. The highest BCUT2D eigenvalue weighted by Gasteiger charge is 2.21. The number of hydrogen-bond donors (Lipinski definition) is 2. The van der Waals surface area contributed by atoms with Gasteiger partial charge in [0.1, 0.15) is 0 Å². The molecule has 0 aliphatic carbocycles. The largest absolute Gasteiger partial charge is 0.478 e. The summed E-state index contributed by atoms with van der Waals surface area (Å²) >= 11 is 0. The van der Waals surface area contributed by atoms with Crippen molar-refractivity contribution in [1.82, 2.24) is 10.2 Å². The highest BCUT2D eigenvalue weighted by molar-refractivity contribution is 5.87. The SMILES string of the molecule is O=C(O)c1ccc(CNC2CCN(Cc3ccccc3)C2)cc1. The molecule has 1 atom stereocenters. The summed E-state index contributed by atoms with van der Waals surface area (Å²) in [6.45, 7) is 3.96. The minimum Gasteiger partial charge on any atom is -0.478 e. The molecule has 4 nitrogen and oxygen atoms in total. The Hall–Kier alpha value is -2.17. The monoisotopic (exact) mass is 310 g/mol. The number of nitrogens with one attached hydrogen (secondary N) is 1. The quantitative estimate of drug-likeness (QED) is 0.861. The first-order valence-corrected chi connectivity index (χ1v) is 8.02. The van der Waals surface area contributed by atoms with E-state index in [-0.39, 0.29) is 0 Å². The molecule has 2 aromatic rings. The van der Waals surface area contributed by atoms with E-state index in [9.17, 15) is 4.79 Å². The molecule has 1 aliphatic heterocycles. The normalized spacial score (nSPS) is 18.2. The first kappa shape index (κ1) is 15.7. The van der Waals surface area contributed by atoms with Gasteiger partial charge in [0.15, 0.2) is 0 Å². The average molecular weight is 310 g/mol. The van der Waals surface area contributed by atoms with Crippen LogP contribution in [0.15, 0.2) is 54.6 Å². The third-order valence-electron chi connectivity index (χ3n) is 4.32. The second kappa shape index (κ2) is 7.40. The summed E-state index contributed by atoms with van der Waals surface area (Å²) in [5, 5.41) is 12.5. The molecule has 0 saturated carbocycles. The molecule has 1 aliphatic rings. The molecule has 1 fully saturated rings. The Kier molecular flexibility index (Phi) is 5.05. The predicted molar refractivity (Wildman–Crippen MR) is 90.4 cm³/mol. The van der Waals surface area contributed by atoms with Gasteiger partial charge in [-0.1, -0.05) is 42.5 Å². The fraction of sp³-hybridized carbons (Fsp3) is 0.316. The van der Waals surface area contributed by atoms with Gasteiger partial charge in [-0.15, -0.1) is 0 Å². The first-order chi connectivity index (χ1) is 11.2. The number of rotatable bonds is 6. The van der Waals surface area contributed by atoms with Gasteiger partial charge in [-0.05, 0) is 29.7 Å². The minimum atomic E-state index is -0.878. The number of carbonyl (C=O) groups is 1. The fourth-order valence-electron chi connectivity index (χ4n) is 3.01. The van der Waals surface area contributed by atoms with Crippen LogP contribution in [0.5, 0.6) is 0 Å². The van der Waals surface area contributed by atoms with Crippen LogP contribution < -0.4 is 5.32 Å². The molecule has 23 heavy (non-hydrogen) atoms. The summed E-state index contributed by atoms with van der Waals surface area (Å²) < 4.78 is 0. The Morgan fingerprint density at radius 1 is 1.09 bits per heavy atom. The van der Waals surface area contributed by atoms with Crippen molar-refractivity contribution in [2.45, 2.75) is 25.6 Å². The average Bonchev–Trinajstić information content (AvgIpc) is 3.02. The van der Waals surface area contributed by atoms with Gasteiger partial charge in [-0.25, -0.2) is 4.79 Å². The molecular weight excluding hydrogens is 288 g/mol. The van der Waals surface area contributed by atoms with Crippen molar-refractivity contribution in [3.63, 3.8) is 0 Å². The van der Waals surface area contributed by atoms with Crippen LogP contribution in [0.2, 0.25) is 0 Å². The van der Waals surface area contributed by atoms with Crippen LogP contribution in [0, 0.1) is 0 Å². The van der Waals surface area contributed by atoms with Crippen molar-refractivity contribution in [2.75, 3.05) is 13.1 Å². The number of aromatic carboxylic acids is 1. The van der Waals surface area contributed by atoms with Gasteiger partial charge in [0.2, 0.25) is 0 Å². The van der Waals surface area contributed by atoms with Crippen molar-refractivity contribution in [3.8, 4) is 0 Å². The molecule has 2 N–H and O–H groups in total. The molecule has 0 aromatic heterocycles. The van der Waals surface area contributed by atoms with Gasteiger partial charge in [0, 0.05) is 32.2 Å². The molecule has 0 radical (unpaired) electrons. The van der Waals surface area contributed by atoms with Gasteiger partial charge >= 0.3 is 5.97 Å². The lowest BCUT2D eigenvalue weighted by Crippen LogP contribution is -2.31. The van der Waals surface area contributed by atoms with E-state index in [1.54, 1.807) is 12.1 Å². The predicted octanol–water partition coefficient (Wildman–Crippen LogP) is 2.75. The molecular formula is C19H22N2O2. The van der Waals surface area contributed by atoms with E-state index in [4.69, 9.17) is 5.11 Å². The third kappa shape index (κ3) is 4.41. The van der Waals surface area contributed by atoms with Crippen LogP contribution >= 0.6 is 0 Å². The summed E-state index contributed by atoms with van der Waals surface area (Å²) in [5.41, 5.74) is 2.82. The zero-order valence-corrected chi connectivity index (χ0v) is 13.1. The summed E-state index contributed by atoms with van der Waals surface area (Å²) in [4.78, 5) is 13.3. The number of benzene rings is 2. The lowest BCUT2D eigenvalue weighted by Gasteiger charge is -2.17. The maximum atomic E-state index is 10.8. The van der Waals surface area contributed by atoms with E-state index in [0.717, 1.165) is 38.2 Å². The van der Waals surface area contributed by atoms with E-state index in [0.29, 0.717) is 11.6 Å². The van der Waals surface area contributed by atoms with Crippen LogP contribution in [0.3, 0.4) is 0 Å². The van der Waals surface area contributed by atoms with Gasteiger partial charge < -0.3 is 10.4 Å². The van der Waals surface area contributed by atoms with E-state index < -0.39 is 5.97 Å². The van der Waals surface area contributed by atoms with Crippen molar-refractivity contribution in [3.05, 3.63) is 71.3 Å². The number of carboxylic acid groups (broad SMARTS) is 1. The molecule has 1 unspecified atom stereocenters. The third-order valence-corrected chi connectivity index (χ3v) is 4.32. The first-order valence-electron chi connectivity index (χ1n) is 8.02. The molecule has 0 spiro atoms. The van der Waals surface area contributed by atoms with Crippen LogP contribution in [-0.4, -0.2) is 35.1 Å². The highest BCUT2D eigenvalue weighted by atomic mass is 16.4. The summed E-state index contributed by atoms with van der Waals surface area (Å²) in [5.74, 6) is -0.878. The van der Waals surface area contributed by atoms with Gasteiger partial charge in [0.05, 0.1) is 5.56 Å². The molecule has 0 amide bonds. The van der Waals surface area contributed by atoms with Crippen LogP contribution in [0.4, 0.5) is 0 Å². The Bertz CT molecular complexity index is 640. The van der Waals surface area contributed by atoms with E-state index in [2.05, 4.69) is 34.5 Å². The van der Waals surface area contributed by atoms with E-state index in [1.807, 2.05) is 18.2 Å². The van der Waals surface area contributed by atoms with Gasteiger partial charge in [-0.3, -0.25) is 4.90 Å².